The van der Waals surface area contributed by atoms with Crippen LogP contribution in [0.5, 0.6) is 0 Å². The van der Waals surface area contributed by atoms with Crippen LogP contribution in [-0.4, -0.2) is 29.8 Å². The van der Waals surface area contributed by atoms with Gasteiger partial charge in [0.1, 0.15) is 4.90 Å². The van der Waals surface area contributed by atoms with Crippen LogP contribution in [0.2, 0.25) is 0 Å². The number of nitrogens with zero attached hydrogens (tertiary/aromatic N) is 2. The molecular formula is C14H21N3O3S2. The molecule has 2 aromatic heterocycles. The number of aromatic nitrogens is 2. The number of rotatable bonds is 7. The summed E-state index contributed by atoms with van der Waals surface area (Å²) in [7, 11) is -1.95. The minimum atomic E-state index is -3.70. The first kappa shape index (κ1) is 17.1. The highest BCUT2D eigenvalue weighted by Crippen LogP contribution is 2.22. The molecule has 0 aliphatic carbocycles. The zero-order valence-electron chi connectivity index (χ0n) is 12.9. The summed E-state index contributed by atoms with van der Waals surface area (Å²) in [5.74, 6) is 0. The van der Waals surface area contributed by atoms with Crippen molar-refractivity contribution in [3.05, 3.63) is 33.8 Å². The van der Waals surface area contributed by atoms with Crippen molar-refractivity contribution in [3.63, 3.8) is 0 Å². The minimum absolute atomic E-state index is 0.0553. The third-order valence-corrected chi connectivity index (χ3v) is 5.78. The number of hydrogen-bond donors (Lipinski definition) is 2. The number of aryl methyl sites for hydroxylation is 2. The fourth-order valence-corrected chi connectivity index (χ4v) is 4.69. The summed E-state index contributed by atoms with van der Waals surface area (Å²) >= 11 is 1.46. The van der Waals surface area contributed by atoms with E-state index in [-0.39, 0.29) is 11.4 Å². The Morgan fingerprint density at radius 2 is 2.14 bits per heavy atom. The van der Waals surface area contributed by atoms with E-state index in [4.69, 9.17) is 0 Å². The summed E-state index contributed by atoms with van der Waals surface area (Å²) in [5.41, 5.74) is 1.94. The van der Waals surface area contributed by atoms with Gasteiger partial charge in [-0.1, -0.05) is 13.8 Å². The fraction of sp³-hybridized carbons (Fsp3) is 0.500. The molecule has 22 heavy (non-hydrogen) atoms. The summed E-state index contributed by atoms with van der Waals surface area (Å²) in [5, 5.41) is 18.0. The Morgan fingerprint density at radius 1 is 1.41 bits per heavy atom. The van der Waals surface area contributed by atoms with Crippen molar-refractivity contribution in [2.75, 3.05) is 6.54 Å². The van der Waals surface area contributed by atoms with Crippen molar-refractivity contribution in [3.8, 4) is 0 Å². The first-order valence-corrected chi connectivity index (χ1v) is 9.57. The van der Waals surface area contributed by atoms with Gasteiger partial charge < -0.3 is 5.11 Å². The molecule has 0 saturated heterocycles. The predicted octanol–water partition coefficient (Wildman–Crippen LogP) is 1.62. The van der Waals surface area contributed by atoms with Gasteiger partial charge in [-0.3, -0.25) is 4.68 Å². The molecule has 0 saturated carbocycles. The van der Waals surface area contributed by atoms with Gasteiger partial charge in [0.15, 0.2) is 0 Å². The molecular weight excluding hydrogens is 322 g/mol. The van der Waals surface area contributed by atoms with Gasteiger partial charge in [0, 0.05) is 13.6 Å². The van der Waals surface area contributed by atoms with Crippen molar-refractivity contribution in [2.24, 2.45) is 7.05 Å². The normalized spacial score (nSPS) is 13.5. The van der Waals surface area contributed by atoms with Crippen LogP contribution < -0.4 is 4.72 Å². The number of hydrogen-bond acceptors (Lipinski definition) is 5. The highest BCUT2D eigenvalue weighted by atomic mass is 32.2. The average Bonchev–Trinajstić information content (AvgIpc) is 3.11. The molecule has 2 heterocycles. The first-order valence-electron chi connectivity index (χ1n) is 7.15. The fourth-order valence-electron chi connectivity index (χ4n) is 2.37. The molecule has 0 aliphatic rings. The van der Waals surface area contributed by atoms with Crippen LogP contribution in [0.25, 0.3) is 0 Å². The predicted molar refractivity (Wildman–Crippen MR) is 86.4 cm³/mol. The second-order valence-corrected chi connectivity index (χ2v) is 7.46. The summed E-state index contributed by atoms with van der Waals surface area (Å²) in [6, 6.07) is 1.78. The Labute approximate surface area is 134 Å². The van der Waals surface area contributed by atoms with Gasteiger partial charge in [0.25, 0.3) is 0 Å². The highest BCUT2D eigenvalue weighted by molar-refractivity contribution is 7.89. The van der Waals surface area contributed by atoms with Crippen LogP contribution in [0.3, 0.4) is 0 Å². The lowest BCUT2D eigenvalue weighted by Gasteiger charge is -2.12. The maximum absolute atomic E-state index is 12.6. The second kappa shape index (κ2) is 6.91. The van der Waals surface area contributed by atoms with E-state index in [2.05, 4.69) is 9.82 Å². The molecule has 122 valence electrons. The van der Waals surface area contributed by atoms with E-state index in [1.54, 1.807) is 23.2 Å². The van der Waals surface area contributed by atoms with Crippen molar-refractivity contribution >= 4 is 21.4 Å². The molecule has 8 heteroatoms. The zero-order chi connectivity index (χ0) is 16.3. The summed E-state index contributed by atoms with van der Waals surface area (Å²) in [4.78, 5) is 0.248. The molecule has 0 amide bonds. The molecule has 0 unspecified atom stereocenters. The Morgan fingerprint density at radius 3 is 2.68 bits per heavy atom. The molecule has 2 aromatic rings. The van der Waals surface area contributed by atoms with Gasteiger partial charge in [0.05, 0.1) is 17.5 Å². The maximum Gasteiger partial charge on any atom is 0.244 e. The van der Waals surface area contributed by atoms with Gasteiger partial charge in [0.2, 0.25) is 10.0 Å². The van der Waals surface area contributed by atoms with Crippen LogP contribution in [0, 0.1) is 0 Å². The summed E-state index contributed by atoms with van der Waals surface area (Å²) in [6.07, 6.45) is 0.261. The number of aliphatic hydroxyl groups is 1. The standard InChI is InChI=1S/C14H21N3O3S2/c1-4-11-14(12(5-2)17(3)16-11)22(19,20)15-8-13(18)10-6-7-21-9-10/h6-7,9,13,15,18H,4-5,8H2,1-3H3/t13-/m1/s1. The summed E-state index contributed by atoms with van der Waals surface area (Å²) in [6.45, 7) is 3.72. The van der Waals surface area contributed by atoms with Gasteiger partial charge in [-0.05, 0) is 35.2 Å². The number of aliphatic hydroxyl groups excluding tert-OH is 1. The Kier molecular flexibility index (Phi) is 5.38. The Bertz CT molecular complexity index is 721. The number of thiophene rings is 1. The van der Waals surface area contributed by atoms with Crippen molar-refractivity contribution in [1.82, 2.24) is 14.5 Å². The van der Waals surface area contributed by atoms with Crippen LogP contribution in [0.15, 0.2) is 21.7 Å². The molecule has 0 fully saturated rings. The number of sulfonamides is 1. The lowest BCUT2D eigenvalue weighted by atomic mass is 10.2. The molecule has 6 nitrogen and oxygen atoms in total. The van der Waals surface area contributed by atoms with E-state index in [1.165, 1.54) is 11.3 Å². The lowest BCUT2D eigenvalue weighted by Crippen LogP contribution is -2.29. The van der Waals surface area contributed by atoms with Crippen LogP contribution >= 0.6 is 11.3 Å². The third kappa shape index (κ3) is 3.40. The average molecular weight is 343 g/mol. The van der Waals surface area contributed by atoms with E-state index < -0.39 is 16.1 Å². The molecule has 0 spiro atoms. The number of nitrogens with one attached hydrogen (secondary N) is 1. The smallest absolute Gasteiger partial charge is 0.244 e. The van der Waals surface area contributed by atoms with Crippen LogP contribution in [0.4, 0.5) is 0 Å². The topological polar surface area (TPSA) is 84.2 Å². The van der Waals surface area contributed by atoms with Gasteiger partial charge >= 0.3 is 0 Å². The Balaban J connectivity index is 2.24. The molecule has 0 bridgehead atoms. The van der Waals surface area contributed by atoms with Crippen molar-refractivity contribution < 1.29 is 13.5 Å². The van der Waals surface area contributed by atoms with E-state index in [0.717, 1.165) is 0 Å². The monoisotopic (exact) mass is 343 g/mol. The molecule has 2 N–H and O–H groups in total. The van der Waals surface area contributed by atoms with Crippen molar-refractivity contribution in [2.45, 2.75) is 37.7 Å². The Hall–Kier alpha value is -1.22. The maximum atomic E-state index is 12.6. The van der Waals surface area contributed by atoms with Gasteiger partial charge in [-0.25, -0.2) is 13.1 Å². The molecule has 1 atom stereocenters. The quantitative estimate of drug-likeness (QED) is 0.800. The van der Waals surface area contributed by atoms with Crippen molar-refractivity contribution in [1.29, 1.82) is 0 Å². The van der Waals surface area contributed by atoms with Gasteiger partial charge in [-0.2, -0.15) is 16.4 Å². The third-order valence-electron chi connectivity index (χ3n) is 3.52. The second-order valence-electron chi connectivity index (χ2n) is 4.98. The highest BCUT2D eigenvalue weighted by Gasteiger charge is 2.26. The van der Waals surface area contributed by atoms with E-state index in [9.17, 15) is 13.5 Å². The zero-order valence-corrected chi connectivity index (χ0v) is 14.5. The van der Waals surface area contributed by atoms with Gasteiger partial charge in [-0.15, -0.1) is 0 Å². The summed E-state index contributed by atoms with van der Waals surface area (Å²) < 4.78 is 29.3. The van der Waals surface area contributed by atoms with Crippen LogP contribution in [0.1, 0.15) is 36.9 Å². The van der Waals surface area contributed by atoms with E-state index in [0.29, 0.717) is 29.8 Å². The largest absolute Gasteiger partial charge is 0.387 e. The van der Waals surface area contributed by atoms with E-state index in [1.807, 2.05) is 19.2 Å². The molecule has 0 aromatic carbocycles. The first-order chi connectivity index (χ1) is 10.4. The lowest BCUT2D eigenvalue weighted by molar-refractivity contribution is 0.182. The molecule has 0 aliphatic heterocycles. The molecule has 2 rings (SSSR count). The SMILES string of the molecule is CCc1nn(C)c(CC)c1S(=O)(=O)NC[C@@H](O)c1ccsc1. The van der Waals surface area contributed by atoms with E-state index >= 15 is 0 Å². The van der Waals surface area contributed by atoms with Crippen LogP contribution in [-0.2, 0) is 29.9 Å². The molecule has 0 radical (unpaired) electrons. The minimum Gasteiger partial charge on any atom is -0.387 e.